The topological polar surface area (TPSA) is 127 Å². The Balaban J connectivity index is 2.36. The minimum absolute atomic E-state index is 0.00816. The minimum Gasteiger partial charge on any atom is -0.397 e. The summed E-state index contributed by atoms with van der Waals surface area (Å²) in [7, 11) is 0. The molecular formula is C19H20F5N5O2. The number of nitrogens with zero attached hydrogens (tertiary/aromatic N) is 1. The van der Waals surface area contributed by atoms with Crippen LogP contribution >= 0.6 is 0 Å². The molecule has 2 atom stereocenters. The third kappa shape index (κ3) is 5.87. The number of H-pyrrole nitrogens is 1. The first kappa shape index (κ1) is 24.0. The molecule has 0 saturated carbocycles. The summed E-state index contributed by atoms with van der Waals surface area (Å²) in [5.41, 5.74) is 6.37. The van der Waals surface area contributed by atoms with Gasteiger partial charge in [-0.3, -0.25) is 9.59 Å². The second-order valence-electron chi connectivity index (χ2n) is 6.85. The summed E-state index contributed by atoms with van der Waals surface area (Å²) in [6.07, 6.45) is 2.21. The van der Waals surface area contributed by atoms with Gasteiger partial charge in [0, 0.05) is 19.0 Å². The molecule has 1 aromatic heterocycles. The number of hydrogen-bond donors (Lipinski definition) is 4. The van der Waals surface area contributed by atoms with E-state index in [1.807, 2.05) is 0 Å². The molecule has 0 aromatic carbocycles. The van der Waals surface area contributed by atoms with Crippen molar-refractivity contribution < 1.29 is 26.7 Å². The number of carbonyl (C=O) groups excluding carboxylic acids is 1. The highest BCUT2D eigenvalue weighted by atomic mass is 19.4. The molecule has 1 aliphatic carbocycles. The maximum atomic E-state index is 14.6. The smallest absolute Gasteiger partial charge is 0.397 e. The molecule has 1 aliphatic rings. The van der Waals surface area contributed by atoms with Crippen LogP contribution in [0.5, 0.6) is 0 Å². The lowest BCUT2D eigenvalue weighted by atomic mass is 9.90. The maximum Gasteiger partial charge on any atom is 0.426 e. The van der Waals surface area contributed by atoms with Crippen molar-refractivity contribution in [1.29, 1.82) is 0 Å². The fourth-order valence-electron chi connectivity index (χ4n) is 2.76. The third-order valence-corrected chi connectivity index (χ3v) is 4.47. The van der Waals surface area contributed by atoms with Crippen LogP contribution in [0.25, 0.3) is 0 Å². The van der Waals surface area contributed by atoms with E-state index in [9.17, 15) is 31.5 Å². The van der Waals surface area contributed by atoms with E-state index in [0.29, 0.717) is 11.9 Å². The number of hydrogen-bond acceptors (Lipinski definition) is 6. The van der Waals surface area contributed by atoms with Crippen LogP contribution in [0.1, 0.15) is 30.8 Å². The van der Waals surface area contributed by atoms with E-state index in [1.165, 1.54) is 6.92 Å². The molecular weight excluding hydrogens is 425 g/mol. The number of rotatable bonds is 7. The number of alkyl halides is 4. The number of nitrogens with two attached hydrogens (primary N) is 2. The van der Waals surface area contributed by atoms with Gasteiger partial charge in [-0.1, -0.05) is 18.2 Å². The average molecular weight is 445 g/mol. The molecule has 7 nitrogen and oxygen atoms in total. The first-order valence-electron chi connectivity index (χ1n) is 8.91. The molecule has 1 heterocycles. The molecule has 2 rings (SSSR count). The summed E-state index contributed by atoms with van der Waals surface area (Å²) in [5.74, 6) is -2.64. The molecule has 12 heteroatoms. The van der Waals surface area contributed by atoms with Gasteiger partial charge in [-0.05, 0) is 18.6 Å². The van der Waals surface area contributed by atoms with Gasteiger partial charge in [-0.15, -0.1) is 0 Å². The quantitative estimate of drug-likeness (QED) is 0.167. The van der Waals surface area contributed by atoms with E-state index >= 15 is 0 Å². The Hall–Kier alpha value is -3.28. The lowest BCUT2D eigenvalue weighted by Gasteiger charge is -2.26. The fourth-order valence-corrected chi connectivity index (χ4v) is 2.76. The van der Waals surface area contributed by atoms with Gasteiger partial charge in [0.05, 0.1) is 17.4 Å². The van der Waals surface area contributed by atoms with Crippen molar-refractivity contribution in [2.24, 2.45) is 11.5 Å². The van der Waals surface area contributed by atoms with E-state index in [-0.39, 0.29) is 24.4 Å². The molecule has 0 spiro atoms. The van der Waals surface area contributed by atoms with Gasteiger partial charge in [0.1, 0.15) is 17.8 Å². The Labute approximate surface area is 173 Å². The molecule has 0 amide bonds. The monoisotopic (exact) mass is 445 g/mol. The number of aromatic amines is 1. The van der Waals surface area contributed by atoms with Crippen molar-refractivity contribution in [3.05, 3.63) is 75.0 Å². The van der Waals surface area contributed by atoms with Gasteiger partial charge in [0.15, 0.2) is 5.56 Å². The molecule has 0 fully saturated rings. The summed E-state index contributed by atoms with van der Waals surface area (Å²) >= 11 is 0. The predicted octanol–water partition coefficient (Wildman–Crippen LogP) is 2.06. The van der Waals surface area contributed by atoms with Gasteiger partial charge in [0.25, 0.3) is 5.56 Å². The van der Waals surface area contributed by atoms with Crippen molar-refractivity contribution in [1.82, 2.24) is 15.3 Å². The van der Waals surface area contributed by atoms with Crippen LogP contribution in [0.3, 0.4) is 0 Å². The number of carbonyl (C=O) groups is 1. The van der Waals surface area contributed by atoms with E-state index in [2.05, 4.69) is 10.3 Å². The average Bonchev–Trinajstić information content (AvgIpc) is 2.63. The summed E-state index contributed by atoms with van der Waals surface area (Å²) < 4.78 is 66.6. The van der Waals surface area contributed by atoms with E-state index in [0.717, 1.165) is 12.2 Å². The van der Waals surface area contributed by atoms with E-state index in [4.69, 9.17) is 11.5 Å². The van der Waals surface area contributed by atoms with Crippen LogP contribution in [-0.2, 0) is 11.0 Å². The number of aldehydes is 1. The van der Waals surface area contributed by atoms with E-state index in [1.54, 1.807) is 23.2 Å². The number of allylic oxidation sites excluding steroid dienone is 4. The Bertz CT molecular complexity index is 1020. The highest BCUT2D eigenvalue weighted by molar-refractivity contribution is 5.67. The van der Waals surface area contributed by atoms with Gasteiger partial charge in [-0.25, -0.2) is 9.37 Å². The third-order valence-electron chi connectivity index (χ3n) is 4.47. The van der Waals surface area contributed by atoms with Crippen LogP contribution in [0, 0.1) is 5.95 Å². The Morgan fingerprint density at radius 3 is 2.68 bits per heavy atom. The number of nitrogens with one attached hydrogen (secondary N) is 2. The number of aromatic nitrogens is 2. The van der Waals surface area contributed by atoms with Crippen LogP contribution < -0.4 is 22.3 Å². The Kier molecular flexibility index (Phi) is 7.16. The van der Waals surface area contributed by atoms with Crippen LogP contribution in [0.2, 0.25) is 0 Å². The normalized spacial score (nSPS) is 20.9. The van der Waals surface area contributed by atoms with Crippen molar-refractivity contribution in [2.45, 2.75) is 31.2 Å². The predicted molar refractivity (Wildman–Crippen MR) is 103 cm³/mol. The van der Waals surface area contributed by atoms with Crippen molar-refractivity contribution in [3.8, 4) is 0 Å². The molecule has 1 aromatic rings. The summed E-state index contributed by atoms with van der Waals surface area (Å²) in [6, 6.07) is -1.41. The lowest BCUT2D eigenvalue weighted by Crippen LogP contribution is -2.32. The van der Waals surface area contributed by atoms with Crippen LogP contribution in [0.15, 0.2) is 52.1 Å². The van der Waals surface area contributed by atoms with Gasteiger partial charge >= 0.3 is 6.18 Å². The second kappa shape index (κ2) is 9.25. The first-order chi connectivity index (χ1) is 14.4. The Morgan fingerprint density at radius 2 is 2.13 bits per heavy atom. The standard InChI is InChI=1S/C19H20F5N5O2/c1-18(21)6-3-2-4-10(18)9-27-13(11(25)5-7-30)8-12(26)16-28-15(20)14(17(31)29-16)19(22,23)24/h2-5,7-8,12,27H,6,9,25-26H2,1H3,(H,28,29,31)/b11-5?,13-8-. The number of halogens is 5. The molecule has 31 heavy (non-hydrogen) atoms. The van der Waals surface area contributed by atoms with Gasteiger partial charge < -0.3 is 21.8 Å². The Morgan fingerprint density at radius 1 is 1.45 bits per heavy atom. The van der Waals surface area contributed by atoms with Crippen molar-refractivity contribution in [3.63, 3.8) is 0 Å². The highest BCUT2D eigenvalue weighted by Gasteiger charge is 2.39. The van der Waals surface area contributed by atoms with Crippen molar-refractivity contribution in [2.75, 3.05) is 6.54 Å². The summed E-state index contributed by atoms with van der Waals surface area (Å²) in [4.78, 5) is 27.3. The molecule has 0 radical (unpaired) electrons. The van der Waals surface area contributed by atoms with Gasteiger partial charge in [-0.2, -0.15) is 17.6 Å². The first-order valence-corrected chi connectivity index (χ1v) is 8.91. The van der Waals surface area contributed by atoms with E-state index < -0.39 is 40.8 Å². The molecule has 0 saturated heterocycles. The fraction of sp³-hybridized carbons (Fsp3) is 0.316. The van der Waals surface area contributed by atoms with Crippen LogP contribution in [0.4, 0.5) is 22.0 Å². The molecule has 0 aliphatic heterocycles. The largest absolute Gasteiger partial charge is 0.426 e. The molecule has 0 bridgehead atoms. The summed E-state index contributed by atoms with van der Waals surface area (Å²) in [5, 5.41) is 2.79. The summed E-state index contributed by atoms with van der Waals surface area (Å²) in [6.45, 7) is 1.33. The molecule has 6 N–H and O–H groups in total. The van der Waals surface area contributed by atoms with Crippen LogP contribution in [-0.4, -0.2) is 28.5 Å². The van der Waals surface area contributed by atoms with Crippen molar-refractivity contribution >= 4 is 6.29 Å². The zero-order valence-electron chi connectivity index (χ0n) is 16.3. The highest BCUT2D eigenvalue weighted by Crippen LogP contribution is 2.29. The zero-order chi connectivity index (χ0) is 23.4. The van der Waals surface area contributed by atoms with Gasteiger partial charge in [0.2, 0.25) is 5.95 Å². The molecule has 2 unspecified atom stereocenters. The zero-order valence-corrected chi connectivity index (χ0v) is 16.3. The SMILES string of the molecule is CC1(F)CC=CC=C1CN/C(=C\C(N)c1nc(F)c(C(F)(F)F)c(=O)[nH]1)C(N)=CC=O. The molecule has 168 valence electrons. The maximum absolute atomic E-state index is 14.6. The minimum atomic E-state index is -5.24. The lowest BCUT2D eigenvalue weighted by molar-refractivity contribution is -0.141. The second-order valence-corrected chi connectivity index (χ2v) is 6.85.